The lowest BCUT2D eigenvalue weighted by atomic mass is 10.0. The maximum Gasteiger partial charge on any atom is 0.363 e. The van der Waals surface area contributed by atoms with Crippen LogP contribution in [0.2, 0.25) is 0 Å². The molecule has 0 aliphatic rings. The molecule has 21 heavy (non-hydrogen) atoms. The number of ether oxygens (including phenoxy) is 1. The molecule has 0 radical (unpaired) electrons. The van der Waals surface area contributed by atoms with Crippen molar-refractivity contribution in [2.24, 2.45) is 0 Å². The number of hydrogen-bond donors (Lipinski definition) is 0. The van der Waals surface area contributed by atoms with Crippen molar-refractivity contribution in [2.45, 2.75) is 20.3 Å². The average Bonchev–Trinajstić information content (AvgIpc) is 2.81. The van der Waals surface area contributed by atoms with Gasteiger partial charge in [0.15, 0.2) is 11.2 Å². The quantitative estimate of drug-likeness (QED) is 0.631. The van der Waals surface area contributed by atoms with E-state index in [9.17, 15) is 0 Å². The second kappa shape index (κ2) is 5.74. The van der Waals surface area contributed by atoms with Crippen LogP contribution in [0, 0.1) is 11.8 Å². The molecule has 0 unspecified atom stereocenters. The SMILES string of the molecule is CCOc1cc2oc(=S)oc2cc1Cc1ccc(C)cc1. The van der Waals surface area contributed by atoms with Crippen LogP contribution < -0.4 is 4.74 Å². The summed E-state index contributed by atoms with van der Waals surface area (Å²) in [5.74, 6) is 0.810. The predicted molar refractivity (Wildman–Crippen MR) is 84.5 cm³/mol. The molecule has 0 bridgehead atoms. The van der Waals surface area contributed by atoms with Crippen LogP contribution in [0.15, 0.2) is 45.2 Å². The molecule has 0 saturated heterocycles. The van der Waals surface area contributed by atoms with Gasteiger partial charge in [-0.15, -0.1) is 0 Å². The summed E-state index contributed by atoms with van der Waals surface area (Å²) in [6.07, 6.45) is 0.777. The van der Waals surface area contributed by atoms with E-state index in [0.717, 1.165) is 17.7 Å². The number of benzene rings is 2. The maximum absolute atomic E-state index is 5.71. The van der Waals surface area contributed by atoms with E-state index < -0.39 is 0 Å². The Hall–Kier alpha value is -2.07. The van der Waals surface area contributed by atoms with Crippen LogP contribution in [-0.2, 0) is 6.42 Å². The van der Waals surface area contributed by atoms with E-state index in [1.54, 1.807) is 0 Å². The van der Waals surface area contributed by atoms with Crippen LogP contribution in [-0.4, -0.2) is 6.61 Å². The molecule has 108 valence electrons. The molecule has 0 amide bonds. The number of hydrogen-bond acceptors (Lipinski definition) is 4. The summed E-state index contributed by atoms with van der Waals surface area (Å²) in [4.78, 5) is 0.139. The number of aryl methyl sites for hydroxylation is 1. The molecule has 0 fully saturated rings. The van der Waals surface area contributed by atoms with Gasteiger partial charge in [-0.05, 0) is 25.5 Å². The van der Waals surface area contributed by atoms with Crippen molar-refractivity contribution in [3.63, 3.8) is 0 Å². The fourth-order valence-corrected chi connectivity index (χ4v) is 2.48. The molecule has 4 heteroatoms. The average molecular weight is 300 g/mol. The third-order valence-corrected chi connectivity index (χ3v) is 3.50. The van der Waals surface area contributed by atoms with Gasteiger partial charge in [-0.25, -0.2) is 0 Å². The summed E-state index contributed by atoms with van der Waals surface area (Å²) in [6.45, 7) is 4.65. The van der Waals surface area contributed by atoms with Crippen molar-refractivity contribution >= 4 is 23.4 Å². The van der Waals surface area contributed by atoms with Crippen LogP contribution in [0.25, 0.3) is 11.2 Å². The Balaban J connectivity index is 2.03. The maximum atomic E-state index is 5.71. The van der Waals surface area contributed by atoms with E-state index in [-0.39, 0.29) is 4.90 Å². The van der Waals surface area contributed by atoms with Gasteiger partial charge in [0.2, 0.25) is 0 Å². The summed E-state index contributed by atoms with van der Waals surface area (Å²) in [6, 6.07) is 12.3. The van der Waals surface area contributed by atoms with Crippen molar-refractivity contribution < 1.29 is 13.6 Å². The lowest BCUT2D eigenvalue weighted by molar-refractivity contribution is 0.337. The highest BCUT2D eigenvalue weighted by atomic mass is 32.1. The molecule has 3 rings (SSSR count). The van der Waals surface area contributed by atoms with Crippen molar-refractivity contribution in [2.75, 3.05) is 6.61 Å². The Kier molecular flexibility index (Phi) is 3.80. The lowest BCUT2D eigenvalue weighted by Crippen LogP contribution is -1.97. The van der Waals surface area contributed by atoms with Crippen LogP contribution >= 0.6 is 12.2 Å². The molecule has 0 atom stereocenters. The van der Waals surface area contributed by atoms with Crippen molar-refractivity contribution in [1.82, 2.24) is 0 Å². The normalized spacial score (nSPS) is 11.0. The fourth-order valence-electron chi connectivity index (χ4n) is 2.30. The summed E-state index contributed by atoms with van der Waals surface area (Å²) in [5, 5.41) is 0. The van der Waals surface area contributed by atoms with Gasteiger partial charge in [-0.3, -0.25) is 0 Å². The molecule has 0 saturated carbocycles. The number of rotatable bonds is 4. The van der Waals surface area contributed by atoms with Crippen molar-refractivity contribution in [3.8, 4) is 5.75 Å². The van der Waals surface area contributed by atoms with Gasteiger partial charge < -0.3 is 13.6 Å². The van der Waals surface area contributed by atoms with Gasteiger partial charge in [0, 0.05) is 30.3 Å². The highest BCUT2D eigenvalue weighted by molar-refractivity contribution is 7.71. The van der Waals surface area contributed by atoms with E-state index in [1.165, 1.54) is 11.1 Å². The molecular weight excluding hydrogens is 284 g/mol. The monoisotopic (exact) mass is 300 g/mol. The molecular formula is C17H16O3S. The topological polar surface area (TPSA) is 35.5 Å². The second-order valence-corrected chi connectivity index (χ2v) is 5.29. The Bertz CT molecular complexity index is 812. The Morgan fingerprint density at radius 1 is 1.05 bits per heavy atom. The van der Waals surface area contributed by atoms with Crippen LogP contribution in [0.3, 0.4) is 0 Å². The first-order chi connectivity index (χ1) is 10.2. The third-order valence-electron chi connectivity index (χ3n) is 3.33. The van der Waals surface area contributed by atoms with Crippen molar-refractivity contribution in [3.05, 3.63) is 58.0 Å². The molecule has 0 aliphatic heterocycles. The largest absolute Gasteiger partial charge is 0.493 e. The van der Waals surface area contributed by atoms with Gasteiger partial charge in [0.25, 0.3) is 0 Å². The molecule has 1 aromatic heterocycles. The zero-order chi connectivity index (χ0) is 14.8. The predicted octanol–water partition coefficient (Wildman–Crippen LogP) is 5.05. The first-order valence-electron chi connectivity index (χ1n) is 6.90. The van der Waals surface area contributed by atoms with Gasteiger partial charge >= 0.3 is 4.90 Å². The smallest absolute Gasteiger partial charge is 0.363 e. The third kappa shape index (κ3) is 3.00. The molecule has 2 aromatic carbocycles. The molecule has 3 nitrogen and oxygen atoms in total. The van der Waals surface area contributed by atoms with Crippen LogP contribution in [0.1, 0.15) is 23.6 Å². The Morgan fingerprint density at radius 2 is 1.71 bits per heavy atom. The summed E-state index contributed by atoms with van der Waals surface area (Å²) in [5.41, 5.74) is 4.82. The summed E-state index contributed by atoms with van der Waals surface area (Å²) < 4.78 is 16.4. The minimum Gasteiger partial charge on any atom is -0.493 e. The van der Waals surface area contributed by atoms with E-state index >= 15 is 0 Å². The van der Waals surface area contributed by atoms with E-state index in [2.05, 4.69) is 31.2 Å². The lowest BCUT2D eigenvalue weighted by Gasteiger charge is -2.10. The highest BCUT2D eigenvalue weighted by Gasteiger charge is 2.11. The summed E-state index contributed by atoms with van der Waals surface area (Å²) >= 11 is 4.93. The van der Waals surface area contributed by atoms with Crippen LogP contribution in [0.5, 0.6) is 5.75 Å². The molecule has 0 N–H and O–H groups in total. The summed E-state index contributed by atoms with van der Waals surface area (Å²) in [7, 11) is 0. The zero-order valence-electron chi connectivity index (χ0n) is 12.0. The fraction of sp³-hybridized carbons (Fsp3) is 0.235. The van der Waals surface area contributed by atoms with E-state index in [1.807, 2.05) is 19.1 Å². The molecule has 0 spiro atoms. The minimum atomic E-state index is 0.139. The van der Waals surface area contributed by atoms with Gasteiger partial charge in [0.1, 0.15) is 5.75 Å². The standard InChI is InChI=1S/C17H16O3S/c1-3-18-14-10-16-15(19-17(21)20-16)9-13(14)8-12-6-4-11(2)5-7-12/h4-7,9-10H,3,8H2,1-2H3. The number of fused-ring (bicyclic) bond motifs is 1. The van der Waals surface area contributed by atoms with Gasteiger partial charge in [-0.2, -0.15) is 0 Å². The van der Waals surface area contributed by atoms with E-state index in [4.69, 9.17) is 25.8 Å². The first kappa shape index (κ1) is 13.9. The molecule has 3 aromatic rings. The van der Waals surface area contributed by atoms with Gasteiger partial charge in [-0.1, -0.05) is 29.8 Å². The minimum absolute atomic E-state index is 0.139. The Labute approximate surface area is 128 Å². The second-order valence-electron chi connectivity index (χ2n) is 4.96. The zero-order valence-corrected chi connectivity index (χ0v) is 12.8. The Morgan fingerprint density at radius 3 is 2.38 bits per heavy atom. The first-order valence-corrected chi connectivity index (χ1v) is 7.31. The molecule has 1 heterocycles. The highest BCUT2D eigenvalue weighted by Crippen LogP contribution is 2.29. The molecule has 0 aliphatic carbocycles. The van der Waals surface area contributed by atoms with Crippen LogP contribution in [0.4, 0.5) is 0 Å². The van der Waals surface area contributed by atoms with Crippen molar-refractivity contribution in [1.29, 1.82) is 0 Å². The van der Waals surface area contributed by atoms with Gasteiger partial charge in [0.05, 0.1) is 6.61 Å². The van der Waals surface area contributed by atoms with E-state index in [0.29, 0.717) is 17.8 Å².